The largest absolute Gasteiger partial charge is 0.484 e. The lowest BCUT2D eigenvalue weighted by molar-refractivity contribution is -0.150. The summed E-state index contributed by atoms with van der Waals surface area (Å²) in [5, 5.41) is 5.13. The normalized spacial score (nSPS) is 11.1. The van der Waals surface area contributed by atoms with E-state index in [1.54, 1.807) is 49.4 Å². The van der Waals surface area contributed by atoms with Gasteiger partial charge in [-0.2, -0.15) is 11.8 Å². The molecule has 182 valence electrons. The molecular weight excluding hydrogens is 460 g/mol. The second-order valence-corrected chi connectivity index (χ2v) is 7.91. The molecule has 34 heavy (non-hydrogen) atoms. The Bertz CT molecular complexity index is 969. The van der Waals surface area contributed by atoms with Crippen LogP contribution in [0.3, 0.4) is 0 Å². The fourth-order valence-corrected chi connectivity index (χ4v) is 3.26. The van der Waals surface area contributed by atoms with Crippen molar-refractivity contribution in [2.75, 3.05) is 37.1 Å². The molecule has 0 fully saturated rings. The van der Waals surface area contributed by atoms with Crippen molar-refractivity contribution >= 4 is 41.2 Å². The molecule has 2 aromatic rings. The number of para-hydroxylation sites is 2. The lowest BCUT2D eigenvalue weighted by Gasteiger charge is -2.17. The molecule has 0 saturated heterocycles. The SMILES string of the molecule is CCOC(=O)c1ccccc1NC(=O)COC(=O)[C@@H](CCSC)NC(=O)COc1ccccc1. The van der Waals surface area contributed by atoms with Crippen LogP contribution >= 0.6 is 11.8 Å². The van der Waals surface area contributed by atoms with Gasteiger partial charge >= 0.3 is 11.9 Å². The third-order valence-electron chi connectivity index (χ3n) is 4.39. The monoisotopic (exact) mass is 488 g/mol. The van der Waals surface area contributed by atoms with Crippen LogP contribution in [0.15, 0.2) is 54.6 Å². The van der Waals surface area contributed by atoms with Gasteiger partial charge in [-0.05, 0) is 49.6 Å². The minimum Gasteiger partial charge on any atom is -0.484 e. The fourth-order valence-electron chi connectivity index (χ4n) is 2.79. The molecular formula is C24H28N2O7S. The van der Waals surface area contributed by atoms with Crippen LogP contribution in [-0.4, -0.2) is 61.6 Å². The molecule has 0 unspecified atom stereocenters. The Hall–Kier alpha value is -3.53. The fraction of sp³-hybridized carbons (Fsp3) is 0.333. The van der Waals surface area contributed by atoms with Crippen molar-refractivity contribution in [1.82, 2.24) is 5.32 Å². The summed E-state index contributed by atoms with van der Waals surface area (Å²) < 4.78 is 15.5. The molecule has 0 aliphatic carbocycles. The van der Waals surface area contributed by atoms with E-state index in [0.717, 1.165) is 0 Å². The van der Waals surface area contributed by atoms with Gasteiger partial charge in [-0.1, -0.05) is 30.3 Å². The highest BCUT2D eigenvalue weighted by molar-refractivity contribution is 7.98. The van der Waals surface area contributed by atoms with Crippen molar-refractivity contribution in [2.45, 2.75) is 19.4 Å². The first-order valence-corrected chi connectivity index (χ1v) is 12.0. The predicted octanol–water partition coefficient (Wildman–Crippen LogP) is 2.66. The molecule has 0 aliphatic rings. The van der Waals surface area contributed by atoms with E-state index in [0.29, 0.717) is 17.9 Å². The first-order valence-electron chi connectivity index (χ1n) is 10.6. The summed E-state index contributed by atoms with van der Waals surface area (Å²) in [6.07, 6.45) is 2.20. The van der Waals surface area contributed by atoms with Gasteiger partial charge in [0.25, 0.3) is 11.8 Å². The number of rotatable bonds is 13. The van der Waals surface area contributed by atoms with Crippen molar-refractivity contribution in [1.29, 1.82) is 0 Å². The minimum atomic E-state index is -0.932. The van der Waals surface area contributed by atoms with E-state index in [1.165, 1.54) is 17.8 Å². The zero-order valence-corrected chi connectivity index (χ0v) is 19.9. The quantitative estimate of drug-likeness (QED) is 0.413. The molecule has 0 bridgehead atoms. The Balaban J connectivity index is 1.89. The van der Waals surface area contributed by atoms with Crippen molar-refractivity contribution in [3.8, 4) is 5.75 Å². The average molecular weight is 489 g/mol. The van der Waals surface area contributed by atoms with Crippen molar-refractivity contribution in [3.05, 3.63) is 60.2 Å². The first kappa shape index (κ1) is 26.7. The molecule has 10 heteroatoms. The van der Waals surface area contributed by atoms with Crippen LogP contribution in [0.4, 0.5) is 5.69 Å². The lowest BCUT2D eigenvalue weighted by atomic mass is 10.2. The Morgan fingerprint density at radius 2 is 1.62 bits per heavy atom. The van der Waals surface area contributed by atoms with Gasteiger partial charge in [0.2, 0.25) is 0 Å². The maximum atomic E-state index is 12.5. The number of ether oxygens (including phenoxy) is 3. The number of benzene rings is 2. The maximum Gasteiger partial charge on any atom is 0.340 e. The van der Waals surface area contributed by atoms with Crippen LogP contribution < -0.4 is 15.4 Å². The van der Waals surface area contributed by atoms with Gasteiger partial charge in [0.05, 0.1) is 17.9 Å². The number of carbonyl (C=O) groups excluding carboxylic acids is 4. The van der Waals surface area contributed by atoms with Crippen molar-refractivity contribution in [3.63, 3.8) is 0 Å². The van der Waals surface area contributed by atoms with E-state index in [4.69, 9.17) is 14.2 Å². The number of esters is 2. The van der Waals surface area contributed by atoms with Crippen LogP contribution in [0, 0.1) is 0 Å². The molecule has 0 heterocycles. The maximum absolute atomic E-state index is 12.5. The molecule has 2 aromatic carbocycles. The predicted molar refractivity (Wildman–Crippen MR) is 129 cm³/mol. The summed E-state index contributed by atoms with van der Waals surface area (Å²) in [4.78, 5) is 49.1. The third kappa shape index (κ3) is 9.14. The van der Waals surface area contributed by atoms with Crippen LogP contribution in [0.5, 0.6) is 5.75 Å². The van der Waals surface area contributed by atoms with Gasteiger partial charge in [0.15, 0.2) is 13.2 Å². The van der Waals surface area contributed by atoms with Gasteiger partial charge < -0.3 is 24.8 Å². The minimum absolute atomic E-state index is 0.188. The molecule has 2 amide bonds. The molecule has 0 aliphatic heterocycles. The second kappa shape index (κ2) is 14.6. The standard InChI is InChI=1S/C24H28N2O7S/c1-3-31-23(29)18-11-7-8-12-19(18)25-22(28)16-33-24(30)20(13-14-34-2)26-21(27)15-32-17-9-5-4-6-10-17/h4-12,20H,3,13-16H2,1-2H3,(H,25,28)(H,26,27)/t20-/m1/s1. The van der Waals surface area contributed by atoms with Gasteiger partial charge in [-0.15, -0.1) is 0 Å². The summed E-state index contributed by atoms with van der Waals surface area (Å²) in [7, 11) is 0. The number of nitrogens with one attached hydrogen (secondary N) is 2. The first-order chi connectivity index (χ1) is 16.4. The number of hydrogen-bond donors (Lipinski definition) is 2. The van der Waals surface area contributed by atoms with Crippen LogP contribution in [-0.2, 0) is 23.9 Å². The number of hydrogen-bond acceptors (Lipinski definition) is 8. The average Bonchev–Trinajstić information content (AvgIpc) is 2.85. The second-order valence-electron chi connectivity index (χ2n) is 6.93. The van der Waals surface area contributed by atoms with E-state index in [2.05, 4.69) is 10.6 Å². The van der Waals surface area contributed by atoms with E-state index in [-0.39, 0.29) is 24.5 Å². The molecule has 1 atom stereocenters. The van der Waals surface area contributed by atoms with E-state index < -0.39 is 36.4 Å². The molecule has 0 saturated carbocycles. The summed E-state index contributed by atoms with van der Waals surface area (Å²) >= 11 is 1.51. The third-order valence-corrected chi connectivity index (χ3v) is 5.03. The molecule has 0 spiro atoms. The Kier molecular flexibility index (Phi) is 11.5. The topological polar surface area (TPSA) is 120 Å². The van der Waals surface area contributed by atoms with Crippen molar-refractivity contribution in [2.24, 2.45) is 0 Å². The van der Waals surface area contributed by atoms with Gasteiger partial charge in [-0.25, -0.2) is 9.59 Å². The van der Waals surface area contributed by atoms with Gasteiger partial charge in [-0.3, -0.25) is 9.59 Å². The van der Waals surface area contributed by atoms with Crippen molar-refractivity contribution < 1.29 is 33.4 Å². The van der Waals surface area contributed by atoms with E-state index in [9.17, 15) is 19.2 Å². The number of anilines is 1. The lowest BCUT2D eigenvalue weighted by Crippen LogP contribution is -2.44. The Labute approximate surface area is 202 Å². The summed E-state index contributed by atoms with van der Waals surface area (Å²) in [6.45, 7) is 1.02. The highest BCUT2D eigenvalue weighted by Gasteiger charge is 2.23. The summed E-state index contributed by atoms with van der Waals surface area (Å²) in [5.74, 6) is -1.31. The zero-order valence-electron chi connectivity index (χ0n) is 19.1. The smallest absolute Gasteiger partial charge is 0.340 e. The summed E-state index contributed by atoms with van der Waals surface area (Å²) in [5.41, 5.74) is 0.430. The summed E-state index contributed by atoms with van der Waals surface area (Å²) in [6, 6.07) is 14.2. The van der Waals surface area contributed by atoms with E-state index >= 15 is 0 Å². The molecule has 0 radical (unpaired) electrons. The van der Waals surface area contributed by atoms with E-state index in [1.807, 2.05) is 12.3 Å². The van der Waals surface area contributed by atoms with Gasteiger partial charge in [0, 0.05) is 0 Å². The molecule has 0 aromatic heterocycles. The zero-order chi connectivity index (χ0) is 24.8. The highest BCUT2D eigenvalue weighted by atomic mass is 32.2. The van der Waals surface area contributed by atoms with Crippen LogP contribution in [0.1, 0.15) is 23.7 Å². The molecule has 2 rings (SSSR count). The van der Waals surface area contributed by atoms with Crippen LogP contribution in [0.25, 0.3) is 0 Å². The van der Waals surface area contributed by atoms with Gasteiger partial charge in [0.1, 0.15) is 11.8 Å². The number of amides is 2. The number of carbonyl (C=O) groups is 4. The Morgan fingerprint density at radius 1 is 0.912 bits per heavy atom. The highest BCUT2D eigenvalue weighted by Crippen LogP contribution is 2.16. The van der Waals surface area contributed by atoms with Crippen LogP contribution in [0.2, 0.25) is 0 Å². The Morgan fingerprint density at radius 3 is 2.32 bits per heavy atom. The number of thioether (sulfide) groups is 1. The molecule has 2 N–H and O–H groups in total. The molecule has 9 nitrogen and oxygen atoms in total.